The monoisotopic (exact) mass is 262 g/mol. The maximum absolute atomic E-state index is 13.1. The van der Waals surface area contributed by atoms with Gasteiger partial charge in [0.25, 0.3) is 0 Å². The predicted octanol–water partition coefficient (Wildman–Crippen LogP) is 3.68. The SMILES string of the molecule is COc1cccc(Oc2cccc(F)c2)c1C(C)O. The Kier molecular flexibility index (Phi) is 4.02. The zero-order valence-corrected chi connectivity index (χ0v) is 10.8. The van der Waals surface area contributed by atoms with Gasteiger partial charge >= 0.3 is 0 Å². The third-order valence-electron chi connectivity index (χ3n) is 2.69. The summed E-state index contributed by atoms with van der Waals surface area (Å²) in [6.45, 7) is 1.62. The summed E-state index contributed by atoms with van der Waals surface area (Å²) in [5.74, 6) is 0.970. The van der Waals surface area contributed by atoms with Crippen LogP contribution < -0.4 is 9.47 Å². The van der Waals surface area contributed by atoms with Crippen molar-refractivity contribution in [1.29, 1.82) is 0 Å². The summed E-state index contributed by atoms with van der Waals surface area (Å²) in [6.07, 6.45) is -0.750. The van der Waals surface area contributed by atoms with Gasteiger partial charge in [-0.25, -0.2) is 4.39 Å². The van der Waals surface area contributed by atoms with Crippen LogP contribution in [0.1, 0.15) is 18.6 Å². The summed E-state index contributed by atoms with van der Waals surface area (Å²) >= 11 is 0. The molecule has 1 atom stereocenters. The lowest BCUT2D eigenvalue weighted by Crippen LogP contribution is -2.00. The smallest absolute Gasteiger partial charge is 0.136 e. The number of aliphatic hydroxyl groups is 1. The van der Waals surface area contributed by atoms with Gasteiger partial charge in [0.1, 0.15) is 23.1 Å². The van der Waals surface area contributed by atoms with Gasteiger partial charge in [-0.05, 0) is 31.2 Å². The van der Waals surface area contributed by atoms with Crippen LogP contribution in [0.25, 0.3) is 0 Å². The number of rotatable bonds is 4. The third kappa shape index (κ3) is 3.03. The first kappa shape index (κ1) is 13.4. The summed E-state index contributed by atoms with van der Waals surface area (Å²) in [6, 6.07) is 11.0. The zero-order valence-electron chi connectivity index (χ0n) is 10.8. The van der Waals surface area contributed by atoms with Gasteiger partial charge in [0, 0.05) is 6.07 Å². The van der Waals surface area contributed by atoms with Gasteiger partial charge in [-0.1, -0.05) is 12.1 Å². The van der Waals surface area contributed by atoms with Crippen molar-refractivity contribution in [2.24, 2.45) is 0 Å². The minimum absolute atomic E-state index is 0.371. The molecule has 0 radical (unpaired) electrons. The summed E-state index contributed by atoms with van der Waals surface area (Å²) in [5.41, 5.74) is 0.536. The molecule has 2 aromatic rings. The van der Waals surface area contributed by atoms with Crippen LogP contribution in [0.2, 0.25) is 0 Å². The Morgan fingerprint density at radius 3 is 2.42 bits per heavy atom. The van der Waals surface area contributed by atoms with Gasteiger partial charge in [-0.15, -0.1) is 0 Å². The Morgan fingerprint density at radius 1 is 1.11 bits per heavy atom. The molecule has 0 amide bonds. The molecule has 3 nitrogen and oxygen atoms in total. The molecule has 1 N–H and O–H groups in total. The Hall–Kier alpha value is -2.07. The third-order valence-corrected chi connectivity index (χ3v) is 2.69. The molecule has 0 fully saturated rings. The maximum Gasteiger partial charge on any atom is 0.136 e. The molecule has 0 aromatic heterocycles. The van der Waals surface area contributed by atoms with Crippen LogP contribution in [0.5, 0.6) is 17.2 Å². The van der Waals surface area contributed by atoms with Crippen LogP contribution in [0.4, 0.5) is 4.39 Å². The molecule has 0 aliphatic heterocycles. The number of benzene rings is 2. The van der Waals surface area contributed by atoms with Crippen molar-refractivity contribution in [3.05, 3.63) is 53.8 Å². The fourth-order valence-electron chi connectivity index (χ4n) is 1.86. The molecule has 4 heteroatoms. The number of ether oxygens (including phenoxy) is 2. The van der Waals surface area contributed by atoms with Gasteiger partial charge < -0.3 is 14.6 Å². The highest BCUT2D eigenvalue weighted by atomic mass is 19.1. The van der Waals surface area contributed by atoms with E-state index in [1.165, 1.54) is 19.2 Å². The molecule has 0 spiro atoms. The highest BCUT2D eigenvalue weighted by Gasteiger charge is 2.15. The predicted molar refractivity (Wildman–Crippen MR) is 70.1 cm³/mol. The first-order valence-electron chi connectivity index (χ1n) is 5.90. The fourth-order valence-corrected chi connectivity index (χ4v) is 1.86. The van der Waals surface area contributed by atoms with Crippen molar-refractivity contribution in [3.8, 4) is 17.2 Å². The van der Waals surface area contributed by atoms with E-state index in [0.29, 0.717) is 22.8 Å². The van der Waals surface area contributed by atoms with Crippen LogP contribution in [-0.4, -0.2) is 12.2 Å². The molecular weight excluding hydrogens is 247 g/mol. The molecule has 1 unspecified atom stereocenters. The Morgan fingerprint density at radius 2 is 1.79 bits per heavy atom. The van der Waals surface area contributed by atoms with Crippen LogP contribution in [0, 0.1) is 5.82 Å². The van der Waals surface area contributed by atoms with Crippen LogP contribution in [-0.2, 0) is 0 Å². The average molecular weight is 262 g/mol. The Balaban J connectivity index is 2.39. The van der Waals surface area contributed by atoms with Crippen LogP contribution in [0.3, 0.4) is 0 Å². The van der Waals surface area contributed by atoms with E-state index in [0.717, 1.165) is 0 Å². The zero-order chi connectivity index (χ0) is 13.8. The second-order valence-electron chi connectivity index (χ2n) is 4.11. The highest BCUT2D eigenvalue weighted by Crippen LogP contribution is 2.36. The van der Waals surface area contributed by atoms with Gasteiger partial charge in [-0.2, -0.15) is 0 Å². The van der Waals surface area contributed by atoms with E-state index in [4.69, 9.17) is 9.47 Å². The van der Waals surface area contributed by atoms with Gasteiger partial charge in [0.15, 0.2) is 0 Å². The molecule has 0 saturated carbocycles. The summed E-state index contributed by atoms with van der Waals surface area (Å²) in [4.78, 5) is 0. The van der Waals surface area contributed by atoms with Crippen molar-refractivity contribution >= 4 is 0 Å². The number of hydrogen-bond donors (Lipinski definition) is 1. The molecule has 19 heavy (non-hydrogen) atoms. The molecule has 0 saturated heterocycles. The standard InChI is InChI=1S/C15H15FO3/c1-10(17)15-13(18-2)7-4-8-14(15)19-12-6-3-5-11(16)9-12/h3-10,17H,1-2H3. The molecular formula is C15H15FO3. The van der Waals surface area contributed by atoms with Crippen molar-refractivity contribution in [3.63, 3.8) is 0 Å². The van der Waals surface area contributed by atoms with Crippen molar-refractivity contribution in [1.82, 2.24) is 0 Å². The number of aliphatic hydroxyl groups excluding tert-OH is 1. The lowest BCUT2D eigenvalue weighted by atomic mass is 10.1. The van der Waals surface area contributed by atoms with E-state index >= 15 is 0 Å². The fraction of sp³-hybridized carbons (Fsp3) is 0.200. The van der Waals surface area contributed by atoms with Crippen molar-refractivity contribution in [2.45, 2.75) is 13.0 Å². The molecule has 0 heterocycles. The van der Waals surface area contributed by atoms with Gasteiger partial charge in [0.05, 0.1) is 18.8 Å². The van der Waals surface area contributed by atoms with Crippen LogP contribution in [0.15, 0.2) is 42.5 Å². The second kappa shape index (κ2) is 5.71. The summed E-state index contributed by atoms with van der Waals surface area (Å²) in [5, 5.41) is 9.82. The largest absolute Gasteiger partial charge is 0.496 e. The minimum atomic E-state index is -0.750. The molecule has 0 aliphatic rings. The Bertz CT molecular complexity index is 567. The summed E-state index contributed by atoms with van der Waals surface area (Å²) < 4.78 is 23.9. The topological polar surface area (TPSA) is 38.7 Å². The quantitative estimate of drug-likeness (QED) is 0.913. The van der Waals surface area contributed by atoms with Crippen molar-refractivity contribution in [2.75, 3.05) is 7.11 Å². The number of hydrogen-bond acceptors (Lipinski definition) is 3. The van der Waals surface area contributed by atoms with E-state index in [1.54, 1.807) is 37.3 Å². The summed E-state index contributed by atoms with van der Waals surface area (Å²) in [7, 11) is 1.52. The first-order chi connectivity index (χ1) is 9.11. The van der Waals surface area contributed by atoms with Crippen LogP contribution >= 0.6 is 0 Å². The highest BCUT2D eigenvalue weighted by molar-refractivity contribution is 5.47. The number of halogens is 1. The van der Waals surface area contributed by atoms with E-state index in [-0.39, 0.29) is 5.82 Å². The number of methoxy groups -OCH3 is 1. The van der Waals surface area contributed by atoms with Gasteiger partial charge in [0.2, 0.25) is 0 Å². The molecule has 100 valence electrons. The maximum atomic E-state index is 13.1. The first-order valence-corrected chi connectivity index (χ1v) is 5.90. The Labute approximate surface area is 111 Å². The molecule has 2 aromatic carbocycles. The molecule has 2 rings (SSSR count). The normalized spacial score (nSPS) is 12.0. The van der Waals surface area contributed by atoms with E-state index < -0.39 is 6.10 Å². The molecule has 0 bridgehead atoms. The minimum Gasteiger partial charge on any atom is -0.496 e. The van der Waals surface area contributed by atoms with E-state index in [2.05, 4.69) is 0 Å². The van der Waals surface area contributed by atoms with E-state index in [1.807, 2.05) is 0 Å². The molecule has 0 aliphatic carbocycles. The lowest BCUT2D eigenvalue weighted by molar-refractivity contribution is 0.190. The average Bonchev–Trinajstić information content (AvgIpc) is 2.38. The van der Waals surface area contributed by atoms with Gasteiger partial charge in [-0.3, -0.25) is 0 Å². The van der Waals surface area contributed by atoms with Crippen molar-refractivity contribution < 1.29 is 19.0 Å². The lowest BCUT2D eigenvalue weighted by Gasteiger charge is -2.16. The second-order valence-corrected chi connectivity index (χ2v) is 4.11. The van der Waals surface area contributed by atoms with E-state index in [9.17, 15) is 9.50 Å².